The number of rotatable bonds is 5. The summed E-state index contributed by atoms with van der Waals surface area (Å²) in [6.45, 7) is 0.879. The summed E-state index contributed by atoms with van der Waals surface area (Å²) in [5, 5.41) is 0.728. The van der Waals surface area contributed by atoms with E-state index >= 15 is 0 Å². The predicted molar refractivity (Wildman–Crippen MR) is 57.1 cm³/mol. The van der Waals surface area contributed by atoms with Crippen LogP contribution in [-0.4, -0.2) is 13.1 Å². The highest BCUT2D eigenvalue weighted by Crippen LogP contribution is 2.10. The molecule has 0 saturated carbocycles. The van der Waals surface area contributed by atoms with Gasteiger partial charge in [-0.1, -0.05) is 35.9 Å². The number of benzene rings is 1. The topological polar surface area (TPSA) is 26.3 Å². The van der Waals surface area contributed by atoms with Crippen molar-refractivity contribution in [1.82, 2.24) is 0 Å². The highest BCUT2D eigenvalue weighted by Gasteiger charge is 1.87. The van der Waals surface area contributed by atoms with Crippen molar-refractivity contribution >= 4 is 24.1 Å². The molecule has 0 amide bonds. The Labute approximate surface area is 88.1 Å². The minimum atomic E-state index is 0.424. The summed E-state index contributed by atoms with van der Waals surface area (Å²) in [7, 11) is 0. The highest BCUT2D eigenvalue weighted by atomic mass is 35.5. The molecule has 1 aromatic carbocycles. The van der Waals surface area contributed by atoms with Gasteiger partial charge in [-0.05, 0) is 24.1 Å². The second-order valence-corrected chi connectivity index (χ2v) is 3.15. The summed E-state index contributed by atoms with van der Waals surface area (Å²) in [6.07, 6.45) is 4.64. The van der Waals surface area contributed by atoms with E-state index in [0.717, 1.165) is 17.0 Å². The zero-order chi connectivity index (χ0) is 10.2. The summed E-state index contributed by atoms with van der Waals surface area (Å²) in [5.41, 5.74) is 1.08. The zero-order valence-corrected chi connectivity index (χ0v) is 8.41. The Hall–Kier alpha value is -1.28. The molecule has 0 N–H and O–H groups in total. The smallest absolute Gasteiger partial charge is 0.293 e. The van der Waals surface area contributed by atoms with Gasteiger partial charge < -0.3 is 4.74 Å². The molecule has 0 bridgehead atoms. The van der Waals surface area contributed by atoms with E-state index < -0.39 is 0 Å². The van der Waals surface area contributed by atoms with Crippen LogP contribution in [0.5, 0.6) is 0 Å². The van der Waals surface area contributed by atoms with Gasteiger partial charge in [0.05, 0.1) is 6.61 Å². The Kier molecular flexibility index (Phi) is 4.79. The van der Waals surface area contributed by atoms with Crippen LogP contribution < -0.4 is 0 Å². The average molecular weight is 211 g/mol. The Balaban J connectivity index is 2.36. The van der Waals surface area contributed by atoms with Crippen LogP contribution in [0.15, 0.2) is 30.3 Å². The van der Waals surface area contributed by atoms with E-state index in [1.807, 2.05) is 36.4 Å². The van der Waals surface area contributed by atoms with Crippen LogP contribution in [0.2, 0.25) is 5.02 Å². The molecule has 3 heteroatoms. The minimum absolute atomic E-state index is 0.424. The molecule has 74 valence electrons. The summed E-state index contributed by atoms with van der Waals surface area (Å²) >= 11 is 5.73. The van der Waals surface area contributed by atoms with Gasteiger partial charge in [-0.15, -0.1) is 0 Å². The third kappa shape index (κ3) is 4.10. The second-order valence-electron chi connectivity index (χ2n) is 2.71. The van der Waals surface area contributed by atoms with Crippen molar-refractivity contribution in [3.05, 3.63) is 40.9 Å². The van der Waals surface area contributed by atoms with Gasteiger partial charge in [0.2, 0.25) is 0 Å². The molecular formula is C11H11ClO2. The molecule has 1 rings (SSSR count). The molecule has 0 saturated heterocycles. The van der Waals surface area contributed by atoms with E-state index in [1.165, 1.54) is 0 Å². The fourth-order valence-corrected chi connectivity index (χ4v) is 1.10. The van der Waals surface area contributed by atoms with Gasteiger partial charge in [0.15, 0.2) is 0 Å². The molecule has 1 aromatic rings. The summed E-state index contributed by atoms with van der Waals surface area (Å²) in [6, 6.07) is 7.53. The van der Waals surface area contributed by atoms with Crippen LogP contribution >= 0.6 is 11.6 Å². The molecule has 0 aromatic heterocycles. The number of hydrogen-bond donors (Lipinski definition) is 0. The van der Waals surface area contributed by atoms with Crippen LogP contribution in [0.4, 0.5) is 0 Å². The van der Waals surface area contributed by atoms with E-state index in [0.29, 0.717) is 13.1 Å². The largest absolute Gasteiger partial charge is 0.468 e. The van der Waals surface area contributed by atoms with Gasteiger partial charge >= 0.3 is 0 Å². The third-order valence-corrected chi connectivity index (χ3v) is 1.90. The molecule has 2 nitrogen and oxygen atoms in total. The summed E-state index contributed by atoms with van der Waals surface area (Å²) < 4.78 is 4.54. The SMILES string of the molecule is O=COCCC=Cc1ccc(Cl)cc1. The Morgan fingerprint density at radius 3 is 2.64 bits per heavy atom. The van der Waals surface area contributed by atoms with Crippen molar-refractivity contribution in [3.63, 3.8) is 0 Å². The predicted octanol–water partition coefficient (Wildman–Crippen LogP) is 2.92. The van der Waals surface area contributed by atoms with Crippen molar-refractivity contribution in [2.24, 2.45) is 0 Å². The van der Waals surface area contributed by atoms with Crippen LogP contribution in [0.25, 0.3) is 6.08 Å². The van der Waals surface area contributed by atoms with Gasteiger partial charge in [0.1, 0.15) is 0 Å². The first-order valence-electron chi connectivity index (χ1n) is 4.30. The van der Waals surface area contributed by atoms with Gasteiger partial charge in [0.25, 0.3) is 6.47 Å². The zero-order valence-electron chi connectivity index (χ0n) is 7.65. The van der Waals surface area contributed by atoms with E-state index in [2.05, 4.69) is 4.74 Å². The van der Waals surface area contributed by atoms with E-state index in [9.17, 15) is 4.79 Å². The van der Waals surface area contributed by atoms with Crippen molar-refractivity contribution < 1.29 is 9.53 Å². The second kappa shape index (κ2) is 6.22. The number of carbonyl (C=O) groups is 1. The Morgan fingerprint density at radius 2 is 2.00 bits per heavy atom. The van der Waals surface area contributed by atoms with Gasteiger partial charge in [-0.2, -0.15) is 0 Å². The maximum atomic E-state index is 9.81. The molecule has 0 radical (unpaired) electrons. The maximum Gasteiger partial charge on any atom is 0.293 e. The molecule has 0 fully saturated rings. The molecule has 0 aliphatic carbocycles. The highest BCUT2D eigenvalue weighted by molar-refractivity contribution is 6.30. The van der Waals surface area contributed by atoms with Crippen LogP contribution in [-0.2, 0) is 9.53 Å². The van der Waals surface area contributed by atoms with Crippen molar-refractivity contribution in [2.75, 3.05) is 6.61 Å². The summed E-state index contributed by atoms with van der Waals surface area (Å²) in [5.74, 6) is 0. The van der Waals surface area contributed by atoms with Gasteiger partial charge in [-0.25, -0.2) is 0 Å². The van der Waals surface area contributed by atoms with Crippen molar-refractivity contribution in [1.29, 1.82) is 0 Å². The molecule has 0 heterocycles. The molecule has 0 atom stereocenters. The number of ether oxygens (including phenoxy) is 1. The Morgan fingerprint density at radius 1 is 1.29 bits per heavy atom. The third-order valence-electron chi connectivity index (χ3n) is 1.65. The number of carbonyl (C=O) groups excluding carboxylic acids is 1. The average Bonchev–Trinajstić information content (AvgIpc) is 2.21. The normalized spacial score (nSPS) is 10.4. The summed E-state index contributed by atoms with van der Waals surface area (Å²) in [4.78, 5) is 9.81. The maximum absolute atomic E-state index is 9.81. The lowest BCUT2D eigenvalue weighted by Crippen LogP contribution is -1.87. The fraction of sp³-hybridized carbons (Fsp3) is 0.182. The lowest BCUT2D eigenvalue weighted by molar-refractivity contribution is -0.128. The monoisotopic (exact) mass is 210 g/mol. The minimum Gasteiger partial charge on any atom is -0.468 e. The van der Waals surface area contributed by atoms with Crippen LogP contribution in [0.3, 0.4) is 0 Å². The Bertz CT molecular complexity index is 304. The van der Waals surface area contributed by atoms with Gasteiger partial charge in [0, 0.05) is 5.02 Å². The quantitative estimate of drug-likeness (QED) is 0.552. The molecule has 14 heavy (non-hydrogen) atoms. The molecule has 0 aliphatic rings. The molecule has 0 spiro atoms. The van der Waals surface area contributed by atoms with Crippen molar-refractivity contribution in [2.45, 2.75) is 6.42 Å². The first kappa shape index (κ1) is 10.8. The lowest BCUT2D eigenvalue weighted by atomic mass is 10.2. The molecule has 0 aliphatic heterocycles. The standard InChI is InChI=1S/C11H11ClO2/c12-11-6-4-10(5-7-11)3-1-2-8-14-9-13/h1,3-7,9H,2,8H2. The first-order chi connectivity index (χ1) is 6.83. The van der Waals surface area contributed by atoms with Crippen LogP contribution in [0.1, 0.15) is 12.0 Å². The fourth-order valence-electron chi connectivity index (χ4n) is 0.978. The molecular weight excluding hydrogens is 200 g/mol. The first-order valence-corrected chi connectivity index (χ1v) is 4.68. The van der Waals surface area contributed by atoms with E-state index in [-0.39, 0.29) is 0 Å². The van der Waals surface area contributed by atoms with Crippen LogP contribution in [0, 0.1) is 0 Å². The van der Waals surface area contributed by atoms with Gasteiger partial charge in [-0.3, -0.25) is 4.79 Å². The lowest BCUT2D eigenvalue weighted by Gasteiger charge is -1.94. The van der Waals surface area contributed by atoms with Crippen molar-refractivity contribution in [3.8, 4) is 0 Å². The number of hydrogen-bond acceptors (Lipinski definition) is 2. The molecule has 0 unspecified atom stereocenters. The van der Waals surface area contributed by atoms with E-state index in [4.69, 9.17) is 11.6 Å². The van der Waals surface area contributed by atoms with E-state index in [1.54, 1.807) is 0 Å². The number of halogens is 1.